The fourth-order valence-corrected chi connectivity index (χ4v) is 7.04. The molecule has 0 bridgehead atoms. The Morgan fingerprint density at radius 2 is 1.22 bits per heavy atom. The van der Waals surface area contributed by atoms with Gasteiger partial charge < -0.3 is 18.8 Å². The molecule has 234 valence electrons. The number of rotatable bonds is 5. The number of nitrogens with zero attached hydrogens (tertiary/aromatic N) is 3. The van der Waals surface area contributed by atoms with Crippen LogP contribution in [-0.2, 0) is 24.0 Å². The molecule has 4 amide bonds. The molecule has 0 radical (unpaired) electrons. The van der Waals surface area contributed by atoms with Crippen LogP contribution in [0.25, 0.3) is 21.5 Å². The molecule has 12 heteroatoms. The summed E-state index contributed by atoms with van der Waals surface area (Å²) in [4.78, 5) is 88.9. The van der Waals surface area contributed by atoms with Crippen LogP contribution in [0.1, 0.15) is 62.2 Å². The van der Waals surface area contributed by atoms with E-state index >= 15 is 0 Å². The van der Waals surface area contributed by atoms with Gasteiger partial charge in [0.1, 0.15) is 18.4 Å². The molecule has 2 aromatic heterocycles. The topological polar surface area (TPSA) is 157 Å². The van der Waals surface area contributed by atoms with Gasteiger partial charge in [-0.15, -0.1) is 0 Å². The van der Waals surface area contributed by atoms with Crippen molar-refractivity contribution >= 4 is 57.1 Å². The first-order valence-corrected chi connectivity index (χ1v) is 15.4. The van der Waals surface area contributed by atoms with Crippen LogP contribution in [0.2, 0.25) is 0 Å². The summed E-state index contributed by atoms with van der Waals surface area (Å²) in [5, 5.41) is 6.91. The van der Waals surface area contributed by atoms with Crippen LogP contribution >= 0.6 is 0 Å². The maximum absolute atomic E-state index is 13.4. The number of aldehydes is 1. The molecule has 0 saturated carbocycles. The van der Waals surface area contributed by atoms with Gasteiger partial charge in [0.25, 0.3) is 11.1 Å². The number of hydrogen-bond donors (Lipinski definition) is 2. The second kappa shape index (κ2) is 11.5. The number of amides is 4. The first kappa shape index (κ1) is 29.3. The van der Waals surface area contributed by atoms with Gasteiger partial charge in [-0.05, 0) is 84.5 Å². The highest BCUT2D eigenvalue weighted by molar-refractivity contribution is 6.00. The van der Waals surface area contributed by atoms with E-state index in [0.29, 0.717) is 40.9 Å². The van der Waals surface area contributed by atoms with Crippen molar-refractivity contribution in [1.29, 1.82) is 0 Å². The average Bonchev–Trinajstić information content (AvgIpc) is 3.05. The van der Waals surface area contributed by atoms with Crippen molar-refractivity contribution in [1.82, 2.24) is 19.8 Å². The normalized spacial score (nSPS) is 23.8. The predicted molar refractivity (Wildman–Crippen MR) is 168 cm³/mol. The van der Waals surface area contributed by atoms with Crippen molar-refractivity contribution in [3.8, 4) is 0 Å². The lowest BCUT2D eigenvalue weighted by Gasteiger charge is -2.40. The SMILES string of the molecule is O=CC1CCN(c2ccc3c(=O)n(C4CCC(=O)NC4=O)ccc3c2)C(c2ccc3c(=O)n(C4CCC(=O)NC4=O)ccc3c2)C1. The number of carbonyl (C=O) groups excluding carboxylic acids is 5. The molecule has 0 aliphatic carbocycles. The summed E-state index contributed by atoms with van der Waals surface area (Å²) in [5.74, 6) is -1.80. The second-order valence-corrected chi connectivity index (χ2v) is 12.2. The Balaban J connectivity index is 1.22. The van der Waals surface area contributed by atoms with Gasteiger partial charge in [0.05, 0.1) is 6.04 Å². The third-order valence-electron chi connectivity index (χ3n) is 9.51. The number of hydrogen-bond acceptors (Lipinski definition) is 8. The number of piperidine rings is 3. The smallest absolute Gasteiger partial charge is 0.259 e. The van der Waals surface area contributed by atoms with Crippen LogP contribution in [0.5, 0.6) is 0 Å². The summed E-state index contributed by atoms with van der Waals surface area (Å²) in [7, 11) is 0. The maximum atomic E-state index is 13.4. The molecule has 5 heterocycles. The standard InChI is InChI=1S/C34H31N5O7/c40-18-19-9-12-37(23-2-4-25-21(17-23)11-14-39(34(25)46)27-6-8-30(42)36-32(27)44)28(15-19)22-1-3-24-20(16-22)10-13-38(33(24)45)26-5-7-29(41)35-31(26)43/h1-4,10-11,13-14,16-19,26-28H,5-9,12,15H2,(H,35,41,43)(H,36,42,44). The van der Waals surface area contributed by atoms with Gasteiger partial charge in [0.15, 0.2) is 0 Å². The number of aromatic nitrogens is 2. The minimum atomic E-state index is -0.752. The summed E-state index contributed by atoms with van der Waals surface area (Å²) in [6, 6.07) is 13.0. The Bertz CT molecular complexity index is 2080. The number of benzene rings is 2. The van der Waals surface area contributed by atoms with Crippen molar-refractivity contribution < 1.29 is 24.0 Å². The van der Waals surface area contributed by atoms with E-state index in [1.54, 1.807) is 36.7 Å². The van der Waals surface area contributed by atoms with Crippen LogP contribution in [0.15, 0.2) is 70.5 Å². The van der Waals surface area contributed by atoms with Crippen LogP contribution in [0, 0.1) is 5.92 Å². The maximum Gasteiger partial charge on any atom is 0.259 e. The number of carbonyl (C=O) groups is 5. The Morgan fingerprint density at radius 3 is 1.78 bits per heavy atom. The first-order valence-electron chi connectivity index (χ1n) is 15.4. The molecule has 4 atom stereocenters. The molecule has 2 N–H and O–H groups in total. The van der Waals surface area contributed by atoms with Crippen LogP contribution in [-0.4, -0.2) is 45.6 Å². The monoisotopic (exact) mass is 621 g/mol. The minimum absolute atomic E-state index is 0.140. The van der Waals surface area contributed by atoms with Gasteiger partial charge >= 0.3 is 0 Å². The number of pyridine rings is 2. The zero-order chi connectivity index (χ0) is 32.1. The van der Waals surface area contributed by atoms with Crippen LogP contribution in [0.4, 0.5) is 5.69 Å². The van der Waals surface area contributed by atoms with Gasteiger partial charge in [0, 0.05) is 54.2 Å². The molecule has 46 heavy (non-hydrogen) atoms. The van der Waals surface area contributed by atoms with Crippen molar-refractivity contribution in [2.75, 3.05) is 11.4 Å². The zero-order valence-corrected chi connectivity index (χ0v) is 24.8. The molecule has 4 aromatic rings. The van der Waals surface area contributed by atoms with E-state index in [9.17, 15) is 33.6 Å². The lowest BCUT2D eigenvalue weighted by atomic mass is 9.86. The molecule has 0 spiro atoms. The molecule has 7 rings (SSSR count). The summed E-state index contributed by atoms with van der Waals surface area (Å²) in [6.07, 6.45) is 6.26. The number of nitrogens with one attached hydrogen (secondary N) is 2. The fraction of sp³-hybridized carbons (Fsp3) is 0.324. The Kier molecular flexibility index (Phi) is 7.34. The van der Waals surface area contributed by atoms with E-state index in [1.165, 1.54) is 9.13 Å². The number of anilines is 1. The third-order valence-corrected chi connectivity index (χ3v) is 9.51. The lowest BCUT2D eigenvalue weighted by molar-refractivity contribution is -0.137. The van der Waals surface area contributed by atoms with Crippen molar-refractivity contribution in [2.45, 2.75) is 56.7 Å². The third kappa shape index (κ3) is 5.09. The van der Waals surface area contributed by atoms with E-state index in [4.69, 9.17) is 0 Å². The summed E-state index contributed by atoms with van der Waals surface area (Å²) >= 11 is 0. The summed E-state index contributed by atoms with van der Waals surface area (Å²) in [5.41, 5.74) is 1.16. The Morgan fingerprint density at radius 1 is 0.652 bits per heavy atom. The highest BCUT2D eigenvalue weighted by Crippen LogP contribution is 2.38. The minimum Gasteiger partial charge on any atom is -0.364 e. The van der Waals surface area contributed by atoms with E-state index in [1.807, 2.05) is 24.3 Å². The zero-order valence-electron chi connectivity index (χ0n) is 24.8. The van der Waals surface area contributed by atoms with E-state index in [2.05, 4.69) is 15.5 Å². The van der Waals surface area contributed by atoms with Crippen molar-refractivity contribution in [2.24, 2.45) is 5.92 Å². The van der Waals surface area contributed by atoms with Crippen LogP contribution < -0.4 is 26.7 Å². The molecule has 3 saturated heterocycles. The highest BCUT2D eigenvalue weighted by Gasteiger charge is 2.32. The van der Waals surface area contributed by atoms with Crippen molar-refractivity contribution in [3.05, 3.63) is 87.2 Å². The van der Waals surface area contributed by atoms with E-state index in [0.717, 1.165) is 17.5 Å². The Labute approximate surface area is 262 Å². The quantitative estimate of drug-likeness (QED) is 0.254. The molecule has 4 unspecified atom stereocenters. The van der Waals surface area contributed by atoms with Gasteiger partial charge in [-0.1, -0.05) is 6.07 Å². The largest absolute Gasteiger partial charge is 0.364 e. The highest BCUT2D eigenvalue weighted by atomic mass is 16.2. The predicted octanol–water partition coefficient (Wildman–Crippen LogP) is 2.43. The molecule has 3 aliphatic heterocycles. The summed E-state index contributed by atoms with van der Waals surface area (Å²) < 4.78 is 2.76. The second-order valence-electron chi connectivity index (χ2n) is 12.2. The Hall–Kier alpha value is -5.39. The lowest BCUT2D eigenvalue weighted by Crippen LogP contribution is -2.44. The molecule has 3 fully saturated rings. The first-order chi connectivity index (χ1) is 22.2. The average molecular weight is 622 g/mol. The molecular weight excluding hydrogens is 590 g/mol. The van der Waals surface area contributed by atoms with E-state index in [-0.39, 0.29) is 60.6 Å². The molecule has 12 nitrogen and oxygen atoms in total. The van der Waals surface area contributed by atoms with Gasteiger partial charge in [-0.25, -0.2) is 0 Å². The summed E-state index contributed by atoms with van der Waals surface area (Å²) in [6.45, 7) is 0.599. The van der Waals surface area contributed by atoms with Crippen molar-refractivity contribution in [3.63, 3.8) is 0 Å². The molecule has 3 aliphatic rings. The van der Waals surface area contributed by atoms with Gasteiger partial charge in [0.2, 0.25) is 23.6 Å². The molecular formula is C34H31N5O7. The van der Waals surface area contributed by atoms with Crippen LogP contribution in [0.3, 0.4) is 0 Å². The molecule has 2 aromatic carbocycles. The van der Waals surface area contributed by atoms with Gasteiger partial charge in [-0.2, -0.15) is 0 Å². The number of fused-ring (bicyclic) bond motifs is 2. The number of imide groups is 2. The van der Waals surface area contributed by atoms with E-state index < -0.39 is 23.9 Å². The van der Waals surface area contributed by atoms with Gasteiger partial charge in [-0.3, -0.25) is 39.4 Å². The fourth-order valence-electron chi connectivity index (χ4n) is 7.04.